The second-order valence-corrected chi connectivity index (χ2v) is 12.2. The fraction of sp³-hybridized carbons (Fsp3) is 0.889. The summed E-state index contributed by atoms with van der Waals surface area (Å²) in [6.07, 6.45) is 11.3. The Morgan fingerprint density at radius 1 is 1.00 bits per heavy atom. The first kappa shape index (κ1) is 22.6. The molecule has 1 saturated heterocycles. The molecule has 0 aromatic rings. The zero-order valence-electron chi connectivity index (χ0n) is 20.1. The lowest BCUT2D eigenvalue weighted by Crippen LogP contribution is -2.63. The number of ether oxygens (including phenoxy) is 2. The molecule has 5 fully saturated rings. The van der Waals surface area contributed by atoms with Gasteiger partial charge in [-0.25, -0.2) is 0 Å². The Morgan fingerprint density at radius 3 is 2.52 bits per heavy atom. The minimum atomic E-state index is -3.40. The molecular formula is C27H39F2NO3. The van der Waals surface area contributed by atoms with E-state index in [4.69, 9.17) is 14.5 Å². The van der Waals surface area contributed by atoms with Gasteiger partial charge in [0.1, 0.15) is 0 Å². The van der Waals surface area contributed by atoms with Crippen LogP contribution in [-0.4, -0.2) is 41.5 Å². The lowest BCUT2D eigenvalue weighted by Gasteiger charge is -2.59. The number of nitrogens with zero attached hydrogens (tertiary/aromatic N) is 1. The highest BCUT2D eigenvalue weighted by molar-refractivity contribution is 5.92. The number of fused-ring (bicyclic) bond motifs is 5. The molecule has 0 amide bonds. The first-order valence-corrected chi connectivity index (χ1v) is 13.4. The van der Waals surface area contributed by atoms with E-state index in [1.165, 1.54) is 18.6 Å². The maximum absolute atomic E-state index is 16.0. The number of aliphatic hydroxyl groups is 1. The summed E-state index contributed by atoms with van der Waals surface area (Å²) < 4.78 is 43.1. The third-order valence-electron chi connectivity index (χ3n) is 10.4. The zero-order chi connectivity index (χ0) is 23.1. The highest BCUT2D eigenvalue weighted by atomic mass is 19.3. The maximum Gasteiger partial charge on any atom is 0.322 e. The smallest absolute Gasteiger partial charge is 0.322 e. The molecule has 33 heavy (non-hydrogen) atoms. The van der Waals surface area contributed by atoms with Crippen LogP contribution in [0.2, 0.25) is 0 Å². The third kappa shape index (κ3) is 3.33. The van der Waals surface area contributed by atoms with Gasteiger partial charge in [-0.15, -0.1) is 0 Å². The summed E-state index contributed by atoms with van der Waals surface area (Å²) in [6, 6.07) is 0.548. The van der Waals surface area contributed by atoms with Gasteiger partial charge >= 0.3 is 5.92 Å². The number of allylic oxidation sites excluding steroid dienone is 1. The molecule has 4 nitrogen and oxygen atoms in total. The topological polar surface area (TPSA) is 51.0 Å². The normalized spacial score (nSPS) is 50.3. The van der Waals surface area contributed by atoms with Crippen molar-refractivity contribution in [3.63, 3.8) is 0 Å². The van der Waals surface area contributed by atoms with Crippen molar-refractivity contribution in [2.45, 2.75) is 115 Å². The maximum atomic E-state index is 16.0. The second kappa shape index (κ2) is 7.57. The van der Waals surface area contributed by atoms with Crippen molar-refractivity contribution in [2.24, 2.45) is 33.6 Å². The SMILES string of the molecule is C[C@]12CC[C@@](O)(OC3CCCCO3)C(F)(F)C1=CC[C@@H]1[C@@H]2CC[C@]2(C)C(=NC3CC3)CC[C@@H]12. The van der Waals surface area contributed by atoms with Crippen LogP contribution in [0.25, 0.3) is 0 Å². The Morgan fingerprint density at radius 2 is 1.79 bits per heavy atom. The highest BCUT2D eigenvalue weighted by Crippen LogP contribution is 2.67. The molecule has 1 heterocycles. The summed E-state index contributed by atoms with van der Waals surface area (Å²) >= 11 is 0. The fourth-order valence-corrected chi connectivity index (χ4v) is 8.28. The molecule has 0 radical (unpaired) electrons. The quantitative estimate of drug-likeness (QED) is 0.411. The lowest BCUT2D eigenvalue weighted by atomic mass is 9.47. The number of alkyl halides is 2. The summed E-state index contributed by atoms with van der Waals surface area (Å²) in [4.78, 5) is 5.10. The monoisotopic (exact) mass is 463 g/mol. The number of halogens is 2. The molecule has 1 unspecified atom stereocenters. The highest BCUT2D eigenvalue weighted by Gasteiger charge is 2.69. The van der Waals surface area contributed by atoms with Gasteiger partial charge in [0.2, 0.25) is 5.79 Å². The van der Waals surface area contributed by atoms with E-state index in [0.717, 1.165) is 38.5 Å². The van der Waals surface area contributed by atoms with Gasteiger partial charge in [-0.1, -0.05) is 19.9 Å². The van der Waals surface area contributed by atoms with Crippen LogP contribution < -0.4 is 0 Å². The molecule has 5 aliphatic carbocycles. The Hall–Kier alpha value is -0.850. The first-order valence-electron chi connectivity index (χ1n) is 13.4. The van der Waals surface area contributed by atoms with Gasteiger partial charge in [-0.05, 0) is 93.8 Å². The first-order chi connectivity index (χ1) is 15.7. The molecular weight excluding hydrogens is 424 g/mol. The molecule has 1 N–H and O–H groups in total. The summed E-state index contributed by atoms with van der Waals surface area (Å²) in [5.41, 5.74) is 1.09. The van der Waals surface area contributed by atoms with Crippen LogP contribution in [0.15, 0.2) is 16.6 Å². The van der Waals surface area contributed by atoms with Gasteiger partial charge in [-0.2, -0.15) is 8.78 Å². The third-order valence-corrected chi connectivity index (χ3v) is 10.4. The van der Waals surface area contributed by atoms with Crippen LogP contribution >= 0.6 is 0 Å². The minimum absolute atomic E-state index is 0.0484. The van der Waals surface area contributed by atoms with Crippen LogP contribution in [0.5, 0.6) is 0 Å². The Labute approximate surface area is 196 Å². The molecule has 0 aromatic carbocycles. The van der Waals surface area contributed by atoms with Crippen LogP contribution in [0.1, 0.15) is 90.9 Å². The Bertz CT molecular complexity index is 863. The molecule has 0 bridgehead atoms. The average molecular weight is 464 g/mol. The summed E-state index contributed by atoms with van der Waals surface area (Å²) in [7, 11) is 0. The zero-order valence-corrected chi connectivity index (χ0v) is 20.1. The number of aliphatic imine (C=N–C) groups is 1. The average Bonchev–Trinajstić information content (AvgIpc) is 3.54. The van der Waals surface area contributed by atoms with E-state index in [2.05, 4.69) is 6.92 Å². The van der Waals surface area contributed by atoms with Gasteiger partial charge in [0.25, 0.3) is 0 Å². The van der Waals surface area contributed by atoms with Crippen LogP contribution in [0, 0.1) is 28.6 Å². The lowest BCUT2D eigenvalue weighted by molar-refractivity contribution is -0.375. The van der Waals surface area contributed by atoms with Gasteiger partial charge in [0.05, 0.1) is 6.04 Å². The van der Waals surface area contributed by atoms with E-state index < -0.39 is 23.4 Å². The largest absolute Gasteiger partial charge is 0.360 e. The molecule has 7 atom stereocenters. The molecule has 6 rings (SSSR count). The van der Waals surface area contributed by atoms with Gasteiger partial charge in [-0.3, -0.25) is 4.99 Å². The number of hydrogen-bond donors (Lipinski definition) is 1. The van der Waals surface area contributed by atoms with Crippen molar-refractivity contribution in [1.29, 1.82) is 0 Å². The van der Waals surface area contributed by atoms with Crippen molar-refractivity contribution >= 4 is 5.71 Å². The molecule has 0 aromatic heterocycles. The molecule has 1 aliphatic heterocycles. The minimum Gasteiger partial charge on any atom is -0.360 e. The van der Waals surface area contributed by atoms with Gasteiger partial charge in [0.15, 0.2) is 6.29 Å². The van der Waals surface area contributed by atoms with Crippen molar-refractivity contribution in [2.75, 3.05) is 6.61 Å². The van der Waals surface area contributed by atoms with Crippen molar-refractivity contribution in [3.05, 3.63) is 11.6 Å². The molecule has 6 aliphatic rings. The van der Waals surface area contributed by atoms with Crippen molar-refractivity contribution in [1.82, 2.24) is 0 Å². The van der Waals surface area contributed by atoms with Gasteiger partial charge < -0.3 is 14.6 Å². The number of hydrogen-bond acceptors (Lipinski definition) is 4. The Balaban J connectivity index is 1.28. The van der Waals surface area contributed by atoms with Crippen LogP contribution in [0.3, 0.4) is 0 Å². The number of rotatable bonds is 3. The van der Waals surface area contributed by atoms with Crippen LogP contribution in [0.4, 0.5) is 8.78 Å². The van der Waals surface area contributed by atoms with E-state index in [1.54, 1.807) is 6.08 Å². The molecule has 4 saturated carbocycles. The summed E-state index contributed by atoms with van der Waals surface area (Å²) in [5.74, 6) is -4.69. The second-order valence-electron chi connectivity index (χ2n) is 12.2. The van der Waals surface area contributed by atoms with E-state index in [0.29, 0.717) is 43.7 Å². The predicted octanol–water partition coefficient (Wildman–Crippen LogP) is 6.03. The van der Waals surface area contributed by atoms with E-state index >= 15 is 8.78 Å². The standard InChI is InChI=1S/C27H39F2NO3/c1-24-14-15-26(31,33-23-5-3-4-16-32-23)27(28,29)21(24)10-8-18-19-9-11-22(30-17-6-7-17)25(19,2)13-12-20(18)24/h10,17-20,23,31H,3-9,11-16H2,1-2H3/t18-,19-,20-,23?,24+,25-,26+/m0/s1. The van der Waals surface area contributed by atoms with E-state index in [9.17, 15) is 5.11 Å². The molecule has 0 spiro atoms. The summed E-state index contributed by atoms with van der Waals surface area (Å²) in [6.45, 7) is 4.94. The van der Waals surface area contributed by atoms with Crippen molar-refractivity contribution < 1.29 is 23.4 Å². The predicted molar refractivity (Wildman–Crippen MR) is 122 cm³/mol. The van der Waals surface area contributed by atoms with E-state index in [-0.39, 0.29) is 23.3 Å². The Kier molecular flexibility index (Phi) is 5.19. The summed E-state index contributed by atoms with van der Waals surface area (Å²) in [5, 5.41) is 11.1. The fourth-order valence-electron chi connectivity index (χ4n) is 8.28. The molecule has 6 heteroatoms. The van der Waals surface area contributed by atoms with Crippen LogP contribution in [-0.2, 0) is 9.47 Å². The van der Waals surface area contributed by atoms with E-state index in [1.807, 2.05) is 6.92 Å². The van der Waals surface area contributed by atoms with Crippen molar-refractivity contribution in [3.8, 4) is 0 Å². The van der Waals surface area contributed by atoms with Gasteiger partial charge in [0, 0.05) is 29.7 Å². The molecule has 184 valence electrons.